The van der Waals surface area contributed by atoms with Crippen molar-refractivity contribution in [3.8, 4) is 0 Å². The maximum atomic E-state index is 12.7. The second-order valence-electron chi connectivity index (χ2n) is 6.66. The van der Waals surface area contributed by atoms with E-state index in [1.165, 1.54) is 4.68 Å². The first-order valence-electron chi connectivity index (χ1n) is 8.82. The Bertz CT molecular complexity index is 1170. The summed E-state index contributed by atoms with van der Waals surface area (Å²) in [6, 6.07) is 13.4. The van der Waals surface area contributed by atoms with Gasteiger partial charge in [0.25, 0.3) is 5.56 Å². The fraction of sp³-hybridized carbons (Fsp3) is 0.250. The molecule has 0 bridgehead atoms. The number of aromatic nitrogens is 3. The number of nitrogens with one attached hydrogen (secondary N) is 1. The van der Waals surface area contributed by atoms with Gasteiger partial charge in [-0.1, -0.05) is 37.3 Å². The molecule has 1 amide bonds. The Hall–Kier alpha value is -3.35. The summed E-state index contributed by atoms with van der Waals surface area (Å²) in [5, 5.41) is 7.17. The highest BCUT2D eigenvalue weighted by Crippen LogP contribution is 2.19. The molecule has 0 fully saturated rings. The average Bonchev–Trinajstić information content (AvgIpc) is 3.26. The van der Waals surface area contributed by atoms with E-state index in [1.807, 2.05) is 37.3 Å². The van der Waals surface area contributed by atoms with Crippen molar-refractivity contribution in [2.75, 3.05) is 6.54 Å². The summed E-state index contributed by atoms with van der Waals surface area (Å²) >= 11 is 0. The summed E-state index contributed by atoms with van der Waals surface area (Å²) in [6.45, 7) is 4.22. The molecule has 0 spiro atoms. The molecule has 0 radical (unpaired) electrons. The fourth-order valence-corrected chi connectivity index (χ4v) is 3.29. The van der Waals surface area contributed by atoms with Gasteiger partial charge in [0.05, 0.1) is 11.8 Å². The van der Waals surface area contributed by atoms with Crippen molar-refractivity contribution in [2.24, 2.45) is 0 Å². The van der Waals surface area contributed by atoms with Crippen LogP contribution >= 0.6 is 0 Å². The Morgan fingerprint density at radius 1 is 1.22 bits per heavy atom. The molecule has 0 unspecified atom stereocenters. The van der Waals surface area contributed by atoms with Crippen LogP contribution in [0.15, 0.2) is 57.9 Å². The van der Waals surface area contributed by atoms with Gasteiger partial charge < -0.3 is 9.73 Å². The molecule has 0 saturated heterocycles. The zero-order valence-corrected chi connectivity index (χ0v) is 15.2. The van der Waals surface area contributed by atoms with Gasteiger partial charge in [-0.05, 0) is 18.4 Å². The summed E-state index contributed by atoms with van der Waals surface area (Å²) in [4.78, 5) is 25.0. The molecule has 1 atom stereocenters. The molecule has 0 aliphatic rings. The Kier molecular flexibility index (Phi) is 4.27. The highest BCUT2D eigenvalue weighted by Gasteiger charge is 2.16. The SMILES string of the molecule is Cc1nn(CC(=O)NC[C@@H](C)c2ccccc2)c(=O)c2cc3occc3n12. The molecule has 4 rings (SSSR count). The molecule has 7 heteroatoms. The summed E-state index contributed by atoms with van der Waals surface area (Å²) in [6.07, 6.45) is 1.57. The number of carbonyl (C=O) groups is 1. The molecule has 3 heterocycles. The second-order valence-corrected chi connectivity index (χ2v) is 6.66. The van der Waals surface area contributed by atoms with E-state index < -0.39 is 0 Å². The van der Waals surface area contributed by atoms with Crippen LogP contribution in [0.2, 0.25) is 0 Å². The van der Waals surface area contributed by atoms with Gasteiger partial charge in [-0.25, -0.2) is 4.68 Å². The van der Waals surface area contributed by atoms with Crippen molar-refractivity contribution >= 4 is 22.5 Å². The van der Waals surface area contributed by atoms with Crippen molar-refractivity contribution < 1.29 is 9.21 Å². The molecule has 1 N–H and O–H groups in total. The lowest BCUT2D eigenvalue weighted by molar-refractivity contribution is -0.121. The van der Waals surface area contributed by atoms with Crippen molar-refractivity contribution in [1.29, 1.82) is 0 Å². The van der Waals surface area contributed by atoms with Crippen molar-refractivity contribution in [3.63, 3.8) is 0 Å². The van der Waals surface area contributed by atoms with Gasteiger partial charge in [0, 0.05) is 18.7 Å². The maximum Gasteiger partial charge on any atom is 0.291 e. The molecule has 0 aliphatic heterocycles. The Morgan fingerprint density at radius 2 is 2.00 bits per heavy atom. The number of rotatable bonds is 5. The normalized spacial score (nSPS) is 12.5. The monoisotopic (exact) mass is 364 g/mol. The van der Waals surface area contributed by atoms with Crippen LogP contribution in [-0.4, -0.2) is 26.6 Å². The number of aryl methyl sites for hydroxylation is 1. The van der Waals surface area contributed by atoms with Gasteiger partial charge in [0.15, 0.2) is 5.58 Å². The second kappa shape index (κ2) is 6.75. The van der Waals surface area contributed by atoms with Crippen LogP contribution in [-0.2, 0) is 11.3 Å². The molecular weight excluding hydrogens is 344 g/mol. The fourth-order valence-electron chi connectivity index (χ4n) is 3.29. The van der Waals surface area contributed by atoms with E-state index in [4.69, 9.17) is 4.42 Å². The van der Waals surface area contributed by atoms with Crippen LogP contribution in [0, 0.1) is 6.92 Å². The summed E-state index contributed by atoms with van der Waals surface area (Å²) in [7, 11) is 0. The Balaban J connectivity index is 1.52. The molecule has 1 aromatic carbocycles. The smallest absolute Gasteiger partial charge is 0.291 e. The van der Waals surface area contributed by atoms with Gasteiger partial charge in [-0.15, -0.1) is 0 Å². The van der Waals surface area contributed by atoms with Crippen molar-refractivity contribution in [3.05, 3.63) is 70.5 Å². The summed E-state index contributed by atoms with van der Waals surface area (Å²) < 4.78 is 8.31. The maximum absolute atomic E-state index is 12.7. The zero-order chi connectivity index (χ0) is 19.0. The Labute approximate surface area is 155 Å². The summed E-state index contributed by atoms with van der Waals surface area (Å²) in [5.74, 6) is 0.555. The van der Waals surface area contributed by atoms with E-state index in [9.17, 15) is 9.59 Å². The third kappa shape index (κ3) is 3.12. The van der Waals surface area contributed by atoms with E-state index in [1.54, 1.807) is 29.7 Å². The summed E-state index contributed by atoms with van der Waals surface area (Å²) in [5.41, 5.74) is 2.69. The lowest BCUT2D eigenvalue weighted by Crippen LogP contribution is -2.36. The minimum absolute atomic E-state index is 0.121. The quantitative estimate of drug-likeness (QED) is 0.590. The lowest BCUT2D eigenvalue weighted by Gasteiger charge is -2.13. The van der Waals surface area contributed by atoms with E-state index in [0.29, 0.717) is 23.5 Å². The standard InChI is InChI=1S/C20H20N4O3/c1-13(15-6-4-3-5-7-15)11-21-19(25)12-23-20(26)17-10-18-16(8-9-27-18)24(17)14(2)22-23/h3-10,13H,11-12H2,1-2H3,(H,21,25)/t13-/m1/s1. The predicted octanol–water partition coefficient (Wildman–Crippen LogP) is 2.47. The third-order valence-electron chi connectivity index (χ3n) is 4.73. The number of hydrogen-bond acceptors (Lipinski definition) is 4. The molecule has 138 valence electrons. The first-order valence-corrected chi connectivity index (χ1v) is 8.82. The minimum Gasteiger partial charge on any atom is -0.463 e. The number of amides is 1. The van der Waals surface area contributed by atoms with E-state index in [0.717, 1.165) is 11.1 Å². The van der Waals surface area contributed by atoms with E-state index >= 15 is 0 Å². The molecule has 7 nitrogen and oxygen atoms in total. The van der Waals surface area contributed by atoms with Crippen LogP contribution in [0.3, 0.4) is 0 Å². The van der Waals surface area contributed by atoms with E-state index in [2.05, 4.69) is 10.4 Å². The van der Waals surface area contributed by atoms with Gasteiger partial charge in [-0.3, -0.25) is 14.0 Å². The molecule has 0 aliphatic carbocycles. The lowest BCUT2D eigenvalue weighted by atomic mass is 10.0. The zero-order valence-electron chi connectivity index (χ0n) is 15.2. The van der Waals surface area contributed by atoms with Crippen LogP contribution in [0.5, 0.6) is 0 Å². The highest BCUT2D eigenvalue weighted by molar-refractivity contribution is 5.82. The predicted molar refractivity (Wildman–Crippen MR) is 102 cm³/mol. The van der Waals surface area contributed by atoms with Gasteiger partial charge in [0.1, 0.15) is 17.9 Å². The highest BCUT2D eigenvalue weighted by atomic mass is 16.3. The number of benzene rings is 1. The van der Waals surface area contributed by atoms with E-state index in [-0.39, 0.29) is 23.9 Å². The first kappa shape index (κ1) is 17.1. The van der Waals surface area contributed by atoms with Crippen LogP contribution < -0.4 is 10.9 Å². The molecular formula is C20H20N4O3. The van der Waals surface area contributed by atoms with Gasteiger partial charge >= 0.3 is 0 Å². The first-order chi connectivity index (χ1) is 13.0. The number of carbonyl (C=O) groups excluding carboxylic acids is 1. The number of fused-ring (bicyclic) bond motifs is 3. The van der Waals surface area contributed by atoms with Gasteiger partial charge in [-0.2, -0.15) is 5.10 Å². The minimum atomic E-state index is -0.321. The topological polar surface area (TPSA) is 81.5 Å². The largest absolute Gasteiger partial charge is 0.463 e. The molecule has 27 heavy (non-hydrogen) atoms. The average molecular weight is 364 g/mol. The molecule has 4 aromatic rings. The Morgan fingerprint density at radius 3 is 2.78 bits per heavy atom. The molecule has 3 aromatic heterocycles. The van der Waals surface area contributed by atoms with Crippen LogP contribution in [0.1, 0.15) is 24.2 Å². The van der Waals surface area contributed by atoms with Crippen molar-refractivity contribution in [1.82, 2.24) is 19.5 Å². The number of hydrogen-bond donors (Lipinski definition) is 1. The van der Waals surface area contributed by atoms with Crippen LogP contribution in [0.25, 0.3) is 16.6 Å². The van der Waals surface area contributed by atoms with Crippen LogP contribution in [0.4, 0.5) is 0 Å². The van der Waals surface area contributed by atoms with Gasteiger partial charge in [0.2, 0.25) is 5.91 Å². The number of furan rings is 1. The van der Waals surface area contributed by atoms with Crippen molar-refractivity contribution in [2.45, 2.75) is 26.3 Å². The number of nitrogens with zero attached hydrogens (tertiary/aromatic N) is 3. The molecule has 0 saturated carbocycles. The third-order valence-corrected chi connectivity index (χ3v) is 4.73.